The van der Waals surface area contributed by atoms with E-state index >= 15 is 0 Å². The molecule has 5 nitrogen and oxygen atoms in total. The Bertz CT molecular complexity index is 790. The molecule has 4 aliphatic carbocycles. The average molecular weight is 467 g/mol. The van der Waals surface area contributed by atoms with E-state index < -0.39 is 22.8 Å². The molecule has 4 rings (SSSR count). The summed E-state index contributed by atoms with van der Waals surface area (Å²) in [6, 6.07) is 0. The SMILES string of the molecule is CC(=O)OCC(=O)C1(O)C(Br)CC2C3CCC4=CC(=O)CCC4(C)C3CCC21C. The lowest BCUT2D eigenvalue weighted by Gasteiger charge is -2.58. The van der Waals surface area contributed by atoms with E-state index in [2.05, 4.69) is 29.8 Å². The number of ether oxygens (including phenoxy) is 1. The number of hydrogen-bond donors (Lipinski definition) is 1. The lowest BCUT2D eigenvalue weighted by Crippen LogP contribution is -2.60. The van der Waals surface area contributed by atoms with Crippen molar-refractivity contribution in [2.45, 2.75) is 76.1 Å². The molecule has 4 aliphatic rings. The zero-order valence-electron chi connectivity index (χ0n) is 17.5. The van der Waals surface area contributed by atoms with Crippen LogP contribution in [0.25, 0.3) is 0 Å². The lowest BCUT2D eigenvalue weighted by molar-refractivity contribution is -0.168. The number of carbonyl (C=O) groups excluding carboxylic acids is 3. The van der Waals surface area contributed by atoms with Crippen LogP contribution in [0.1, 0.15) is 65.7 Å². The minimum absolute atomic E-state index is 0.0580. The molecule has 0 aliphatic heterocycles. The molecule has 0 heterocycles. The van der Waals surface area contributed by atoms with Crippen LogP contribution >= 0.6 is 15.9 Å². The highest BCUT2D eigenvalue weighted by atomic mass is 79.9. The van der Waals surface area contributed by atoms with Gasteiger partial charge in [-0.25, -0.2) is 0 Å². The van der Waals surface area contributed by atoms with E-state index in [0.29, 0.717) is 18.3 Å². The molecule has 0 saturated heterocycles. The first-order chi connectivity index (χ1) is 13.5. The number of allylic oxidation sites excluding steroid dienone is 1. The maximum absolute atomic E-state index is 13.0. The average Bonchev–Trinajstić information content (AvgIpc) is 2.88. The molecule has 7 atom stereocenters. The summed E-state index contributed by atoms with van der Waals surface area (Å²) >= 11 is 3.63. The molecule has 0 aromatic rings. The van der Waals surface area contributed by atoms with Crippen LogP contribution in [-0.4, -0.2) is 39.7 Å². The van der Waals surface area contributed by atoms with Gasteiger partial charge >= 0.3 is 5.97 Å². The number of carbonyl (C=O) groups is 3. The van der Waals surface area contributed by atoms with Crippen molar-refractivity contribution in [2.75, 3.05) is 6.61 Å². The second kappa shape index (κ2) is 7.01. The van der Waals surface area contributed by atoms with Gasteiger partial charge in [0.25, 0.3) is 0 Å². The van der Waals surface area contributed by atoms with E-state index in [1.54, 1.807) is 0 Å². The van der Waals surface area contributed by atoms with Gasteiger partial charge in [0.05, 0.1) is 4.83 Å². The minimum Gasteiger partial charge on any atom is -0.458 e. The molecule has 3 fully saturated rings. The molecular weight excluding hydrogens is 436 g/mol. The van der Waals surface area contributed by atoms with E-state index in [4.69, 9.17) is 4.74 Å². The van der Waals surface area contributed by atoms with Gasteiger partial charge in [-0.2, -0.15) is 0 Å². The van der Waals surface area contributed by atoms with Gasteiger partial charge in [0, 0.05) is 18.8 Å². The maximum Gasteiger partial charge on any atom is 0.303 e. The summed E-state index contributed by atoms with van der Waals surface area (Å²) in [6.45, 7) is 5.27. The zero-order chi connectivity index (χ0) is 21.2. The number of alkyl halides is 1. The quantitative estimate of drug-likeness (QED) is 0.505. The molecule has 0 aromatic carbocycles. The minimum atomic E-state index is -1.53. The Morgan fingerprint density at radius 1 is 1.21 bits per heavy atom. The summed E-state index contributed by atoms with van der Waals surface area (Å²) < 4.78 is 4.95. The smallest absolute Gasteiger partial charge is 0.303 e. The van der Waals surface area contributed by atoms with Gasteiger partial charge in [0.15, 0.2) is 12.4 Å². The molecule has 29 heavy (non-hydrogen) atoms. The summed E-state index contributed by atoms with van der Waals surface area (Å²) in [5, 5.41) is 11.7. The summed E-state index contributed by atoms with van der Waals surface area (Å²) in [5.41, 5.74) is -0.699. The Kier molecular flexibility index (Phi) is 5.13. The molecule has 0 aromatic heterocycles. The summed E-state index contributed by atoms with van der Waals surface area (Å²) in [4.78, 5) is 35.9. The van der Waals surface area contributed by atoms with Crippen molar-refractivity contribution in [3.8, 4) is 0 Å². The fourth-order valence-electron chi connectivity index (χ4n) is 7.31. The van der Waals surface area contributed by atoms with Crippen LogP contribution in [-0.2, 0) is 19.1 Å². The highest BCUT2D eigenvalue weighted by molar-refractivity contribution is 9.09. The molecule has 1 N–H and O–H groups in total. The van der Waals surface area contributed by atoms with Crippen molar-refractivity contribution in [3.05, 3.63) is 11.6 Å². The highest BCUT2D eigenvalue weighted by Crippen LogP contribution is 2.68. The van der Waals surface area contributed by atoms with E-state index in [-0.39, 0.29) is 28.6 Å². The van der Waals surface area contributed by atoms with Gasteiger partial charge in [0.2, 0.25) is 5.78 Å². The van der Waals surface area contributed by atoms with Crippen LogP contribution in [0, 0.1) is 28.6 Å². The first-order valence-corrected chi connectivity index (χ1v) is 11.7. The largest absolute Gasteiger partial charge is 0.458 e. The van der Waals surface area contributed by atoms with Crippen LogP contribution in [0.2, 0.25) is 0 Å². The van der Waals surface area contributed by atoms with Crippen molar-refractivity contribution >= 4 is 33.5 Å². The van der Waals surface area contributed by atoms with E-state index in [1.807, 2.05) is 6.08 Å². The summed E-state index contributed by atoms with van der Waals surface area (Å²) in [5.74, 6) is 0.488. The van der Waals surface area contributed by atoms with Crippen LogP contribution in [0.15, 0.2) is 11.6 Å². The molecule has 0 amide bonds. The molecule has 7 unspecified atom stereocenters. The van der Waals surface area contributed by atoms with Crippen LogP contribution in [0.4, 0.5) is 0 Å². The normalized spacial score (nSPS) is 46.2. The molecule has 3 saturated carbocycles. The molecule has 160 valence electrons. The van der Waals surface area contributed by atoms with Gasteiger partial charge < -0.3 is 9.84 Å². The van der Waals surface area contributed by atoms with Gasteiger partial charge in [-0.1, -0.05) is 35.4 Å². The lowest BCUT2D eigenvalue weighted by atomic mass is 9.46. The van der Waals surface area contributed by atoms with Gasteiger partial charge in [-0.3, -0.25) is 14.4 Å². The topological polar surface area (TPSA) is 80.7 Å². The fraction of sp³-hybridized carbons (Fsp3) is 0.783. The molecular formula is C23H31BrO5. The number of aliphatic hydroxyl groups is 1. The van der Waals surface area contributed by atoms with E-state index in [1.165, 1.54) is 12.5 Å². The van der Waals surface area contributed by atoms with Gasteiger partial charge in [-0.15, -0.1) is 0 Å². The highest BCUT2D eigenvalue weighted by Gasteiger charge is 2.69. The Balaban J connectivity index is 1.64. The number of rotatable bonds is 3. The Labute approximate surface area is 180 Å². The van der Waals surface area contributed by atoms with Crippen molar-refractivity contribution in [2.24, 2.45) is 28.6 Å². The second-order valence-corrected chi connectivity index (χ2v) is 11.2. The second-order valence-electron chi connectivity index (χ2n) is 10.1. The van der Waals surface area contributed by atoms with Crippen molar-refractivity contribution in [1.29, 1.82) is 0 Å². The molecule has 0 spiro atoms. The standard InChI is InChI=1S/C23H31BrO5/c1-13(25)29-12-20(27)23(28)19(24)11-18-16-5-4-14-10-15(26)6-8-21(14,2)17(16)7-9-22(18,23)3/h10,16-19,28H,4-9,11-12H2,1-3H3. The van der Waals surface area contributed by atoms with Crippen molar-refractivity contribution < 1.29 is 24.2 Å². The number of hydrogen-bond acceptors (Lipinski definition) is 5. The van der Waals surface area contributed by atoms with Crippen LogP contribution < -0.4 is 0 Å². The van der Waals surface area contributed by atoms with E-state index in [9.17, 15) is 19.5 Å². The first kappa shape index (κ1) is 21.2. The van der Waals surface area contributed by atoms with Crippen LogP contribution in [0.5, 0.6) is 0 Å². The number of esters is 1. The van der Waals surface area contributed by atoms with Crippen LogP contribution in [0.3, 0.4) is 0 Å². The third-order valence-corrected chi connectivity index (χ3v) is 10.0. The summed E-state index contributed by atoms with van der Waals surface area (Å²) in [6.07, 6.45) is 7.83. The number of Topliss-reactive ketones (excluding diaryl/α,β-unsaturated/α-hetero) is 1. The molecule has 6 heteroatoms. The number of halogens is 1. The van der Waals surface area contributed by atoms with E-state index in [0.717, 1.165) is 38.5 Å². The summed E-state index contributed by atoms with van der Waals surface area (Å²) in [7, 11) is 0. The van der Waals surface area contributed by atoms with Crippen molar-refractivity contribution in [3.63, 3.8) is 0 Å². The Hall–Kier alpha value is -1.01. The first-order valence-electron chi connectivity index (χ1n) is 10.8. The Morgan fingerprint density at radius 2 is 1.93 bits per heavy atom. The predicted octanol–water partition coefficient (Wildman–Crippen LogP) is 3.76. The monoisotopic (exact) mass is 466 g/mol. The fourth-order valence-corrected chi connectivity index (χ4v) is 8.49. The third kappa shape index (κ3) is 2.92. The zero-order valence-corrected chi connectivity index (χ0v) is 19.1. The van der Waals surface area contributed by atoms with Gasteiger partial charge in [0.1, 0.15) is 5.60 Å². The van der Waals surface area contributed by atoms with Gasteiger partial charge in [-0.05, 0) is 67.8 Å². The number of ketones is 2. The third-order valence-electron chi connectivity index (χ3n) is 8.97. The molecule has 0 bridgehead atoms. The Morgan fingerprint density at radius 3 is 2.62 bits per heavy atom. The van der Waals surface area contributed by atoms with Crippen molar-refractivity contribution in [1.82, 2.24) is 0 Å². The predicted molar refractivity (Wildman–Crippen MR) is 111 cm³/mol. The number of fused-ring (bicyclic) bond motifs is 5. The molecule has 0 radical (unpaired) electrons. The maximum atomic E-state index is 13.0.